The molecule has 2 saturated heterocycles. The standard InChI is InChI=1S/C17H25N5O2/c1-12(23)21-8-5-13(6-9-21)17(24)22-7-3-4-15(22)14-10-19-11-16(18-2)20-14/h10-11,13,15H,3-9H2,1-2H3,(H,18,20). The molecule has 1 unspecified atom stereocenters. The van der Waals surface area contributed by atoms with Gasteiger partial charge in [0, 0.05) is 39.5 Å². The van der Waals surface area contributed by atoms with Gasteiger partial charge in [-0.1, -0.05) is 0 Å². The Morgan fingerprint density at radius 1 is 1.17 bits per heavy atom. The van der Waals surface area contributed by atoms with Crippen molar-refractivity contribution in [2.45, 2.75) is 38.6 Å². The quantitative estimate of drug-likeness (QED) is 0.907. The van der Waals surface area contributed by atoms with Gasteiger partial charge in [-0.15, -0.1) is 0 Å². The average molecular weight is 331 g/mol. The lowest BCUT2D eigenvalue weighted by molar-refractivity contribution is -0.140. The topological polar surface area (TPSA) is 78.4 Å². The molecule has 7 heteroatoms. The van der Waals surface area contributed by atoms with E-state index in [2.05, 4.69) is 15.3 Å². The number of hydrogen-bond donors (Lipinski definition) is 1. The number of aromatic nitrogens is 2. The monoisotopic (exact) mass is 331 g/mol. The van der Waals surface area contributed by atoms with E-state index in [1.54, 1.807) is 19.3 Å². The Bertz CT molecular complexity index is 613. The van der Waals surface area contributed by atoms with Crippen LogP contribution in [0.1, 0.15) is 44.3 Å². The summed E-state index contributed by atoms with van der Waals surface area (Å²) in [5.74, 6) is 1.04. The minimum atomic E-state index is 0.0154. The van der Waals surface area contributed by atoms with Gasteiger partial charge in [-0.05, 0) is 25.7 Å². The molecule has 1 N–H and O–H groups in total. The minimum absolute atomic E-state index is 0.0154. The molecule has 0 aromatic carbocycles. The van der Waals surface area contributed by atoms with E-state index >= 15 is 0 Å². The Morgan fingerprint density at radius 2 is 1.92 bits per heavy atom. The third kappa shape index (κ3) is 3.34. The summed E-state index contributed by atoms with van der Waals surface area (Å²) in [4.78, 5) is 37.0. The SMILES string of the molecule is CNc1cncc(C2CCCN2C(=O)C2CCN(C(C)=O)CC2)n1. The summed E-state index contributed by atoms with van der Waals surface area (Å²) in [5, 5.41) is 3.00. The van der Waals surface area contributed by atoms with Gasteiger partial charge >= 0.3 is 0 Å². The number of anilines is 1. The van der Waals surface area contributed by atoms with Crippen molar-refractivity contribution >= 4 is 17.6 Å². The van der Waals surface area contributed by atoms with Crippen LogP contribution in [0.5, 0.6) is 0 Å². The highest BCUT2D eigenvalue weighted by atomic mass is 16.2. The van der Waals surface area contributed by atoms with Gasteiger partial charge in [0.2, 0.25) is 11.8 Å². The number of nitrogens with one attached hydrogen (secondary N) is 1. The maximum Gasteiger partial charge on any atom is 0.226 e. The Labute approximate surface area is 142 Å². The lowest BCUT2D eigenvalue weighted by Gasteiger charge is -2.34. The van der Waals surface area contributed by atoms with E-state index in [9.17, 15) is 9.59 Å². The first-order valence-electron chi connectivity index (χ1n) is 8.66. The second-order valence-electron chi connectivity index (χ2n) is 6.55. The molecule has 130 valence electrons. The van der Waals surface area contributed by atoms with Crippen LogP contribution in [0.25, 0.3) is 0 Å². The molecule has 2 amide bonds. The maximum absolute atomic E-state index is 13.0. The molecule has 0 spiro atoms. The first kappa shape index (κ1) is 16.7. The maximum atomic E-state index is 13.0. The van der Waals surface area contributed by atoms with Crippen molar-refractivity contribution in [3.63, 3.8) is 0 Å². The predicted molar refractivity (Wildman–Crippen MR) is 90.2 cm³/mol. The highest BCUT2D eigenvalue weighted by Gasteiger charge is 2.36. The van der Waals surface area contributed by atoms with E-state index in [4.69, 9.17) is 0 Å². The van der Waals surface area contributed by atoms with E-state index in [1.807, 2.05) is 16.8 Å². The molecule has 1 atom stereocenters. The van der Waals surface area contributed by atoms with Gasteiger partial charge in [-0.2, -0.15) is 0 Å². The van der Waals surface area contributed by atoms with Crippen LogP contribution >= 0.6 is 0 Å². The van der Waals surface area contributed by atoms with Crippen molar-refractivity contribution in [2.75, 3.05) is 32.0 Å². The highest BCUT2D eigenvalue weighted by molar-refractivity contribution is 5.80. The molecule has 0 aliphatic carbocycles. The Balaban J connectivity index is 1.69. The van der Waals surface area contributed by atoms with Crippen LogP contribution in [-0.2, 0) is 9.59 Å². The molecule has 24 heavy (non-hydrogen) atoms. The zero-order chi connectivity index (χ0) is 17.1. The number of carbonyl (C=O) groups is 2. The van der Waals surface area contributed by atoms with Crippen LogP contribution in [0.4, 0.5) is 5.82 Å². The van der Waals surface area contributed by atoms with Crippen molar-refractivity contribution in [3.8, 4) is 0 Å². The molecule has 2 aliphatic heterocycles. The molecule has 1 aromatic heterocycles. The Hall–Kier alpha value is -2.18. The van der Waals surface area contributed by atoms with Crippen molar-refractivity contribution in [3.05, 3.63) is 18.1 Å². The predicted octanol–water partition coefficient (Wildman–Crippen LogP) is 1.44. The molecule has 2 fully saturated rings. The number of rotatable bonds is 3. The summed E-state index contributed by atoms with van der Waals surface area (Å²) in [6.45, 7) is 3.73. The summed E-state index contributed by atoms with van der Waals surface area (Å²) in [6, 6.07) is 0.0177. The van der Waals surface area contributed by atoms with Gasteiger partial charge in [0.05, 0.1) is 24.1 Å². The molecule has 3 rings (SSSR count). The van der Waals surface area contributed by atoms with Crippen LogP contribution in [0.15, 0.2) is 12.4 Å². The van der Waals surface area contributed by atoms with E-state index in [0.29, 0.717) is 13.1 Å². The van der Waals surface area contributed by atoms with Crippen LogP contribution in [0.2, 0.25) is 0 Å². The highest BCUT2D eigenvalue weighted by Crippen LogP contribution is 2.33. The molecule has 3 heterocycles. The van der Waals surface area contributed by atoms with E-state index in [-0.39, 0.29) is 23.8 Å². The van der Waals surface area contributed by atoms with Crippen molar-refractivity contribution in [1.82, 2.24) is 19.8 Å². The summed E-state index contributed by atoms with van der Waals surface area (Å²) >= 11 is 0. The normalized spacial score (nSPS) is 21.8. The number of nitrogens with zero attached hydrogens (tertiary/aromatic N) is 4. The molecule has 0 radical (unpaired) electrons. The minimum Gasteiger partial charge on any atom is -0.372 e. The molecular weight excluding hydrogens is 306 g/mol. The number of likely N-dealkylation sites (tertiary alicyclic amines) is 2. The van der Waals surface area contributed by atoms with Crippen LogP contribution in [0.3, 0.4) is 0 Å². The molecule has 0 bridgehead atoms. The fourth-order valence-electron chi connectivity index (χ4n) is 3.68. The van der Waals surface area contributed by atoms with E-state index in [1.165, 1.54) is 0 Å². The molecule has 2 aliphatic rings. The second-order valence-corrected chi connectivity index (χ2v) is 6.55. The van der Waals surface area contributed by atoms with Gasteiger partial charge < -0.3 is 15.1 Å². The average Bonchev–Trinajstić information content (AvgIpc) is 3.11. The fraction of sp³-hybridized carbons (Fsp3) is 0.647. The second kappa shape index (κ2) is 7.15. The van der Waals surface area contributed by atoms with Crippen LogP contribution in [0, 0.1) is 5.92 Å². The molecule has 1 aromatic rings. The first-order chi connectivity index (χ1) is 11.6. The number of piperidine rings is 1. The largest absolute Gasteiger partial charge is 0.372 e. The van der Waals surface area contributed by atoms with Crippen molar-refractivity contribution in [2.24, 2.45) is 5.92 Å². The Kier molecular flexibility index (Phi) is 4.97. The lowest BCUT2D eigenvalue weighted by atomic mass is 9.94. The van der Waals surface area contributed by atoms with Crippen LogP contribution in [-0.4, -0.2) is 58.3 Å². The number of carbonyl (C=O) groups excluding carboxylic acids is 2. The molecule has 7 nitrogen and oxygen atoms in total. The first-order valence-corrected chi connectivity index (χ1v) is 8.66. The Morgan fingerprint density at radius 3 is 2.58 bits per heavy atom. The zero-order valence-electron chi connectivity index (χ0n) is 14.4. The summed E-state index contributed by atoms with van der Waals surface area (Å²) < 4.78 is 0. The van der Waals surface area contributed by atoms with Gasteiger partial charge in [-0.3, -0.25) is 14.6 Å². The van der Waals surface area contributed by atoms with Crippen molar-refractivity contribution in [1.29, 1.82) is 0 Å². The summed E-state index contributed by atoms with van der Waals surface area (Å²) in [5.41, 5.74) is 0.855. The van der Waals surface area contributed by atoms with E-state index in [0.717, 1.165) is 43.7 Å². The smallest absolute Gasteiger partial charge is 0.226 e. The summed E-state index contributed by atoms with van der Waals surface area (Å²) in [7, 11) is 1.81. The van der Waals surface area contributed by atoms with Gasteiger partial charge in [0.15, 0.2) is 0 Å². The molecular formula is C17H25N5O2. The third-order valence-electron chi connectivity index (χ3n) is 5.08. The van der Waals surface area contributed by atoms with Crippen LogP contribution < -0.4 is 5.32 Å². The third-order valence-corrected chi connectivity index (χ3v) is 5.08. The van der Waals surface area contributed by atoms with Crippen molar-refractivity contribution < 1.29 is 9.59 Å². The zero-order valence-corrected chi connectivity index (χ0v) is 14.4. The number of amides is 2. The van der Waals surface area contributed by atoms with Gasteiger partial charge in [0.1, 0.15) is 5.82 Å². The molecule has 0 saturated carbocycles. The van der Waals surface area contributed by atoms with Gasteiger partial charge in [-0.25, -0.2) is 4.98 Å². The number of hydrogen-bond acceptors (Lipinski definition) is 5. The van der Waals surface area contributed by atoms with Gasteiger partial charge in [0.25, 0.3) is 0 Å². The lowest BCUT2D eigenvalue weighted by Crippen LogP contribution is -2.43. The van der Waals surface area contributed by atoms with E-state index < -0.39 is 0 Å². The fourth-order valence-corrected chi connectivity index (χ4v) is 3.68. The summed E-state index contributed by atoms with van der Waals surface area (Å²) in [6.07, 6.45) is 6.87.